The fourth-order valence-electron chi connectivity index (χ4n) is 9.01. The lowest BCUT2D eigenvalue weighted by Gasteiger charge is -2.32. The molecule has 85 heavy (non-hydrogen) atoms. The summed E-state index contributed by atoms with van der Waals surface area (Å²) in [6.45, 7) is 8.27. The van der Waals surface area contributed by atoms with E-state index in [1.54, 1.807) is 24.3 Å². The van der Waals surface area contributed by atoms with Gasteiger partial charge in [0, 0.05) is 59.0 Å². The monoisotopic (exact) mass is 1210 g/mol. The molecule has 0 unspecified atom stereocenters. The highest BCUT2D eigenvalue weighted by Crippen LogP contribution is 2.41. The number of benzene rings is 9. The van der Waals surface area contributed by atoms with Crippen LogP contribution in [-0.2, 0) is 9.31 Å². The second-order valence-corrected chi connectivity index (χ2v) is 21.2. The lowest BCUT2D eigenvalue weighted by Crippen LogP contribution is -2.41. The van der Waals surface area contributed by atoms with E-state index in [1.165, 1.54) is 22.3 Å². The first-order valence-electron chi connectivity index (χ1n) is 26.1. The number of fused-ring (bicyclic) bond motifs is 9. The van der Waals surface area contributed by atoms with E-state index in [0.717, 1.165) is 75.8 Å². The molecule has 9 aromatic carbocycles. The molecule has 12 aromatic rings. The van der Waals surface area contributed by atoms with Gasteiger partial charge in [0.2, 0.25) is 0 Å². The van der Waals surface area contributed by atoms with E-state index in [1.807, 2.05) is 127 Å². The molecule has 1 saturated heterocycles. The van der Waals surface area contributed by atoms with E-state index in [2.05, 4.69) is 146 Å². The molecule has 0 amide bonds. The maximum absolute atomic E-state index is 8.58. The van der Waals surface area contributed by atoms with Crippen LogP contribution in [0, 0.1) is 73.1 Å². The predicted octanol–water partition coefficient (Wildman–Crippen LogP) is 16.9. The molecule has 1 aliphatic heterocycles. The zero-order valence-electron chi connectivity index (χ0n) is 46.0. The highest BCUT2D eigenvalue weighted by atomic mass is 79.9. The van der Waals surface area contributed by atoms with Crippen LogP contribution < -0.4 is 10.9 Å². The van der Waals surface area contributed by atoms with Gasteiger partial charge in [-0.2, -0.15) is 0 Å². The first kappa shape index (κ1) is 63.4. The Kier molecular flexibility index (Phi) is 21.9. The molecule has 13 rings (SSSR count). The third kappa shape index (κ3) is 15.3. The van der Waals surface area contributed by atoms with E-state index in [4.69, 9.17) is 75.1 Å². The summed E-state index contributed by atoms with van der Waals surface area (Å²) < 4.78 is 31.3. The maximum Gasteiger partial charge on any atom is 0.494 e. The van der Waals surface area contributed by atoms with Crippen LogP contribution in [0.3, 0.4) is 0 Å². The van der Waals surface area contributed by atoms with Crippen LogP contribution >= 0.6 is 39.1 Å². The van der Waals surface area contributed by atoms with Crippen molar-refractivity contribution in [2.45, 2.75) is 46.3 Å². The minimum Gasteiger partial charge on any atom is -0.456 e. The zero-order chi connectivity index (χ0) is 59.8. The summed E-state index contributed by atoms with van der Waals surface area (Å²) in [4.78, 5) is 0. The molecule has 7 nitrogen and oxygen atoms in total. The van der Waals surface area contributed by atoms with Crippen molar-refractivity contribution in [2.24, 2.45) is 0 Å². The molecule has 1 fully saturated rings. The van der Waals surface area contributed by atoms with Crippen LogP contribution in [0.2, 0.25) is 10.0 Å². The van der Waals surface area contributed by atoms with Crippen LogP contribution in [0.15, 0.2) is 218 Å². The molecule has 0 radical (unpaired) electrons. The normalized spacial score (nSPS) is 12.0. The summed E-state index contributed by atoms with van der Waals surface area (Å²) in [6, 6.07) is 65.4. The lowest BCUT2D eigenvalue weighted by molar-refractivity contribution is 0.00578. The highest BCUT2D eigenvalue weighted by Gasteiger charge is 2.51. The minimum atomic E-state index is -1.34. The van der Waals surface area contributed by atoms with Crippen molar-refractivity contribution in [1.29, 1.82) is 0 Å². The Morgan fingerprint density at radius 1 is 0.471 bits per heavy atom. The van der Waals surface area contributed by atoms with Gasteiger partial charge in [-0.25, -0.2) is 5.92 Å². The summed E-state index contributed by atoms with van der Waals surface area (Å²) in [5.41, 5.74) is 10.7. The van der Waals surface area contributed by atoms with Crippen molar-refractivity contribution in [3.05, 3.63) is 221 Å². The first-order valence-corrected chi connectivity index (χ1v) is 27.6. The number of rotatable bonds is 4. The molecule has 12 heteroatoms. The van der Waals surface area contributed by atoms with Crippen LogP contribution in [0.25, 0.3) is 88.1 Å². The fraction of sp³-hybridized carbons (Fsp3) is 0.0959. The Hall–Kier alpha value is -9.23. The molecule has 416 valence electrons. The molecule has 0 spiro atoms. The van der Waals surface area contributed by atoms with Gasteiger partial charge in [0.25, 0.3) is 0 Å². The Bertz CT molecular complexity index is 4500. The topological polar surface area (TPSA) is 98.3 Å². The minimum absolute atomic E-state index is 0. The SMILES string of the molecule is C.C#CC#CC#C.CC1(C)OB(c2ccc3c(c2)oc2cccc(-c4ccccc4)c23)OC1(C)C.Clc1ccc2c(c1)oc1cccc(-c3ccccc3)c12.Clc1ccc2c(c1)oc1cccc(Br)c12.OB(O)c1ccccc1.[C-]#CC#CC#C. The molecular weight excluding hydrogens is 1160 g/mol. The van der Waals surface area contributed by atoms with Gasteiger partial charge in [-0.1, -0.05) is 180 Å². The Morgan fingerprint density at radius 3 is 1.27 bits per heavy atom. The largest absolute Gasteiger partial charge is 0.494 e. The van der Waals surface area contributed by atoms with Crippen molar-refractivity contribution in [3.63, 3.8) is 0 Å². The van der Waals surface area contributed by atoms with Crippen LogP contribution in [0.1, 0.15) is 35.1 Å². The summed E-state index contributed by atoms with van der Waals surface area (Å²) in [5.74, 6) is 16.8. The number of hydrogen-bond donors (Lipinski definition) is 2. The van der Waals surface area contributed by atoms with E-state index in [-0.39, 0.29) is 18.6 Å². The Labute approximate surface area is 515 Å². The van der Waals surface area contributed by atoms with Crippen molar-refractivity contribution >= 4 is 130 Å². The summed E-state index contributed by atoms with van der Waals surface area (Å²) in [7, 11) is -1.73. The van der Waals surface area contributed by atoms with Gasteiger partial charge in [-0.05, 0) is 145 Å². The molecule has 4 heterocycles. The molecule has 0 saturated carbocycles. The summed E-state index contributed by atoms with van der Waals surface area (Å²) >= 11 is 15.5. The van der Waals surface area contributed by atoms with Gasteiger partial charge in [0.05, 0.1) is 11.2 Å². The quantitative estimate of drug-likeness (QED) is 0.103. The first-order chi connectivity index (χ1) is 40.6. The van der Waals surface area contributed by atoms with Gasteiger partial charge in [0.1, 0.15) is 33.5 Å². The zero-order valence-corrected chi connectivity index (χ0v) is 49.1. The molecule has 3 aromatic heterocycles. The number of furan rings is 3. The fourth-order valence-corrected chi connectivity index (χ4v) is 9.89. The predicted molar refractivity (Wildman–Crippen MR) is 358 cm³/mol. The number of hydrogen-bond acceptors (Lipinski definition) is 7. The average Bonchev–Trinajstić information content (AvgIpc) is 1.90. The van der Waals surface area contributed by atoms with Crippen molar-refractivity contribution in [3.8, 4) is 88.9 Å². The molecule has 1 aliphatic rings. The third-order valence-corrected chi connectivity index (χ3v) is 14.7. The number of halogens is 3. The standard InChI is InChI=1S/C24H23BO3.C18H11ClO.C12H6BrClO.C6H7BO2.C6H2.C6H.CH4/c1-23(2)24(3,4)28-25(27-23)17-13-14-19-21(15-17)26-20-12-8-11-18(22(19)20)16-9-6-5-7-10-16;19-13-9-10-15-17(11-13)20-16-8-4-7-14(18(15)16)12-5-2-1-3-6-12;13-9-2-1-3-10-12(9)8-5-4-7(14)6-11(8)15-10;8-7(9)6-4-2-1-3-5-6;2*1-3-5-6-4-2;/h5-15H,1-4H3;1-11H;1-6H;1-5,8-9H;1-2H;1H;1H4/q;;;;;-1;. The smallest absolute Gasteiger partial charge is 0.456 e. The maximum atomic E-state index is 8.58. The van der Waals surface area contributed by atoms with Gasteiger partial charge in [-0.3, -0.25) is 5.92 Å². The van der Waals surface area contributed by atoms with Gasteiger partial charge in [0.15, 0.2) is 0 Å². The highest BCUT2D eigenvalue weighted by molar-refractivity contribution is 9.10. The van der Waals surface area contributed by atoms with E-state index < -0.39 is 14.2 Å². The van der Waals surface area contributed by atoms with Gasteiger partial charge < -0.3 is 39.0 Å². The number of terminal acetylenes is 3. The third-order valence-electron chi connectivity index (χ3n) is 13.6. The Balaban J connectivity index is 0.000000160. The van der Waals surface area contributed by atoms with Crippen LogP contribution in [0.5, 0.6) is 0 Å². The van der Waals surface area contributed by atoms with E-state index in [0.29, 0.717) is 15.5 Å². The van der Waals surface area contributed by atoms with Crippen molar-refractivity contribution in [2.75, 3.05) is 0 Å². The second-order valence-electron chi connectivity index (χ2n) is 19.5. The van der Waals surface area contributed by atoms with E-state index in [9.17, 15) is 0 Å². The summed E-state index contributed by atoms with van der Waals surface area (Å²) in [5, 5.41) is 25.2. The van der Waals surface area contributed by atoms with E-state index >= 15 is 0 Å². The molecular formula is C73H54B2BrCl2O7-. The molecule has 0 aliphatic carbocycles. The molecule has 2 N–H and O–H groups in total. The lowest BCUT2D eigenvalue weighted by atomic mass is 9.79. The molecule has 0 atom stereocenters. The van der Waals surface area contributed by atoms with Gasteiger partial charge in [-0.15, -0.1) is 25.2 Å². The van der Waals surface area contributed by atoms with Gasteiger partial charge >= 0.3 is 14.2 Å². The van der Waals surface area contributed by atoms with Crippen LogP contribution in [0.4, 0.5) is 0 Å². The molecule has 0 bridgehead atoms. The van der Waals surface area contributed by atoms with Crippen molar-refractivity contribution in [1.82, 2.24) is 0 Å². The average molecular weight is 1220 g/mol. The Morgan fingerprint density at radius 2 is 0.859 bits per heavy atom. The van der Waals surface area contributed by atoms with Crippen LogP contribution in [-0.4, -0.2) is 35.5 Å². The summed E-state index contributed by atoms with van der Waals surface area (Å²) in [6.07, 6.45) is 20.2. The second kappa shape index (κ2) is 29.3. The van der Waals surface area contributed by atoms with Crippen molar-refractivity contribution < 1.29 is 32.6 Å².